The third kappa shape index (κ3) is 4.87. The Morgan fingerprint density at radius 1 is 0.939 bits per heavy atom. The second-order valence-corrected chi connectivity index (χ2v) is 8.45. The van der Waals surface area contributed by atoms with Crippen LogP contribution in [-0.2, 0) is 11.3 Å². The number of aromatic nitrogens is 1. The summed E-state index contributed by atoms with van der Waals surface area (Å²) < 4.78 is 2.25. The molecule has 168 valence electrons. The largest absolute Gasteiger partial charge is 0.341 e. The second-order valence-electron chi connectivity index (χ2n) is 7.64. The number of benzene rings is 3. The molecule has 0 aliphatic rings. The Bertz CT molecular complexity index is 1410. The van der Waals surface area contributed by atoms with E-state index < -0.39 is 5.91 Å². The molecule has 0 bridgehead atoms. The number of hydrazone groups is 1. The summed E-state index contributed by atoms with van der Waals surface area (Å²) in [4.78, 5) is 24.8. The van der Waals surface area contributed by atoms with Crippen LogP contribution in [0.2, 0.25) is 10.0 Å². The molecule has 0 unspecified atom stereocenters. The number of anilines is 1. The lowest BCUT2D eigenvalue weighted by Gasteiger charge is -2.07. The van der Waals surface area contributed by atoms with Gasteiger partial charge in [-0.25, -0.2) is 5.43 Å². The van der Waals surface area contributed by atoms with Crippen molar-refractivity contribution in [3.05, 3.63) is 76.3 Å². The molecule has 2 amide bonds. The fourth-order valence-electron chi connectivity index (χ4n) is 3.80. The lowest BCUT2D eigenvalue weighted by molar-refractivity contribution is -0.115. The second kappa shape index (κ2) is 9.65. The molecular formula is C25H22Cl2N4O2. The third-order valence-corrected chi connectivity index (χ3v) is 6.06. The number of rotatable bonds is 6. The van der Waals surface area contributed by atoms with Gasteiger partial charge in [0, 0.05) is 45.3 Å². The first-order valence-corrected chi connectivity index (χ1v) is 11.2. The van der Waals surface area contributed by atoms with Gasteiger partial charge in [0.25, 0.3) is 5.91 Å². The maximum absolute atomic E-state index is 12.5. The van der Waals surface area contributed by atoms with Crippen LogP contribution in [0.4, 0.5) is 5.69 Å². The topological polar surface area (TPSA) is 75.5 Å². The molecule has 0 fully saturated rings. The Morgan fingerprint density at radius 2 is 1.70 bits per heavy atom. The van der Waals surface area contributed by atoms with Crippen molar-refractivity contribution >= 4 is 68.2 Å². The van der Waals surface area contributed by atoms with Crippen molar-refractivity contribution in [2.75, 3.05) is 5.32 Å². The molecule has 1 aromatic heterocycles. The first kappa shape index (κ1) is 22.8. The molecule has 1 heterocycles. The summed E-state index contributed by atoms with van der Waals surface area (Å²) in [6, 6.07) is 18.7. The van der Waals surface area contributed by atoms with Crippen molar-refractivity contribution in [2.45, 2.75) is 26.8 Å². The number of para-hydroxylation sites is 1. The van der Waals surface area contributed by atoms with Crippen LogP contribution in [0.5, 0.6) is 0 Å². The number of aryl methyl sites for hydroxylation is 1. The van der Waals surface area contributed by atoms with E-state index in [1.165, 1.54) is 17.6 Å². The van der Waals surface area contributed by atoms with Crippen LogP contribution in [0.1, 0.15) is 30.6 Å². The van der Waals surface area contributed by atoms with Crippen molar-refractivity contribution in [2.24, 2.45) is 5.10 Å². The minimum Gasteiger partial charge on any atom is -0.341 e. The highest BCUT2D eigenvalue weighted by atomic mass is 35.5. The fourth-order valence-corrected chi connectivity index (χ4v) is 4.10. The average Bonchev–Trinajstić information content (AvgIpc) is 3.12. The lowest BCUT2D eigenvalue weighted by atomic mass is 10.1. The number of nitrogens with zero attached hydrogens (tertiary/aromatic N) is 2. The van der Waals surface area contributed by atoms with Crippen LogP contribution in [0.15, 0.2) is 65.8 Å². The minimum atomic E-state index is -0.439. The van der Waals surface area contributed by atoms with E-state index >= 15 is 0 Å². The molecule has 0 radical (unpaired) electrons. The Morgan fingerprint density at radius 3 is 2.45 bits per heavy atom. The molecule has 8 heteroatoms. The first-order chi connectivity index (χ1) is 15.9. The maximum Gasteiger partial charge on any atom is 0.271 e. The zero-order chi connectivity index (χ0) is 23.5. The molecule has 4 aromatic rings. The number of halogens is 2. The van der Waals surface area contributed by atoms with Gasteiger partial charge in [-0.2, -0.15) is 5.10 Å². The standard InChI is InChI=1S/C25H22Cl2N4O2/c1-3-31-22-7-5-4-6-18(22)19-14-17(9-11-23(19)31)28-24(32)12-15(2)29-30-25(33)16-8-10-20(26)21(27)13-16/h4-11,13-14H,3,12H2,1-2H3,(H,28,32)(H,30,33). The molecule has 0 aliphatic carbocycles. The van der Waals surface area contributed by atoms with Crippen molar-refractivity contribution in [1.29, 1.82) is 0 Å². The summed E-state index contributed by atoms with van der Waals surface area (Å²) in [5, 5.41) is 9.81. The van der Waals surface area contributed by atoms with E-state index in [-0.39, 0.29) is 17.4 Å². The van der Waals surface area contributed by atoms with Gasteiger partial charge < -0.3 is 9.88 Å². The summed E-state index contributed by atoms with van der Waals surface area (Å²) in [7, 11) is 0. The molecule has 0 saturated heterocycles. The van der Waals surface area contributed by atoms with Crippen LogP contribution in [0.3, 0.4) is 0 Å². The molecule has 33 heavy (non-hydrogen) atoms. The highest BCUT2D eigenvalue weighted by molar-refractivity contribution is 6.42. The molecule has 6 nitrogen and oxygen atoms in total. The van der Waals surface area contributed by atoms with Crippen molar-refractivity contribution in [3.8, 4) is 0 Å². The Kier molecular flexibility index (Phi) is 6.67. The zero-order valence-corrected chi connectivity index (χ0v) is 19.7. The van der Waals surface area contributed by atoms with Gasteiger partial charge in [0.1, 0.15) is 0 Å². The monoisotopic (exact) mass is 480 g/mol. The molecular weight excluding hydrogens is 459 g/mol. The van der Waals surface area contributed by atoms with Crippen molar-refractivity contribution < 1.29 is 9.59 Å². The number of hydrogen-bond donors (Lipinski definition) is 2. The number of amides is 2. The molecule has 4 rings (SSSR count). The molecule has 2 N–H and O–H groups in total. The first-order valence-electron chi connectivity index (χ1n) is 10.5. The van der Waals surface area contributed by atoms with E-state index in [0.29, 0.717) is 22.0 Å². The Balaban J connectivity index is 1.44. The summed E-state index contributed by atoms with van der Waals surface area (Å²) in [5.74, 6) is -0.662. The van der Waals surface area contributed by atoms with E-state index in [0.717, 1.165) is 22.8 Å². The number of nitrogens with one attached hydrogen (secondary N) is 2. The number of hydrogen-bond acceptors (Lipinski definition) is 3. The van der Waals surface area contributed by atoms with Crippen molar-refractivity contribution in [1.82, 2.24) is 9.99 Å². The maximum atomic E-state index is 12.5. The van der Waals surface area contributed by atoms with Gasteiger partial charge in [0.05, 0.1) is 16.5 Å². The fraction of sp³-hybridized carbons (Fsp3) is 0.160. The van der Waals surface area contributed by atoms with Crippen LogP contribution < -0.4 is 10.7 Å². The van der Waals surface area contributed by atoms with Gasteiger partial charge >= 0.3 is 0 Å². The van der Waals surface area contributed by atoms with Gasteiger partial charge in [-0.1, -0.05) is 41.4 Å². The van der Waals surface area contributed by atoms with E-state index in [1.807, 2.05) is 30.3 Å². The normalized spacial score (nSPS) is 11.7. The van der Waals surface area contributed by atoms with Gasteiger partial charge in [-0.15, -0.1) is 0 Å². The highest BCUT2D eigenvalue weighted by Gasteiger charge is 2.12. The van der Waals surface area contributed by atoms with E-state index in [9.17, 15) is 9.59 Å². The number of carbonyl (C=O) groups excluding carboxylic acids is 2. The Hall–Kier alpha value is -3.35. The summed E-state index contributed by atoms with van der Waals surface area (Å²) in [5.41, 5.74) is 6.22. The quantitative estimate of drug-likeness (QED) is 0.252. The number of fused-ring (bicyclic) bond motifs is 3. The highest BCUT2D eigenvalue weighted by Crippen LogP contribution is 2.31. The zero-order valence-electron chi connectivity index (χ0n) is 18.2. The van der Waals surface area contributed by atoms with Gasteiger partial charge in [0.2, 0.25) is 5.91 Å². The van der Waals surface area contributed by atoms with Gasteiger partial charge in [-0.05, 0) is 56.3 Å². The lowest BCUT2D eigenvalue weighted by Crippen LogP contribution is -2.21. The van der Waals surface area contributed by atoms with Crippen molar-refractivity contribution in [3.63, 3.8) is 0 Å². The van der Waals surface area contributed by atoms with Crippen LogP contribution in [0, 0.1) is 0 Å². The molecule has 0 atom stereocenters. The summed E-state index contributed by atoms with van der Waals surface area (Å²) in [6.07, 6.45) is 0.0381. The minimum absolute atomic E-state index is 0.0381. The SMILES string of the molecule is CCn1c2ccccc2c2cc(NC(=O)CC(C)=NNC(=O)c3ccc(Cl)c(Cl)c3)ccc21. The van der Waals surface area contributed by atoms with Crippen LogP contribution >= 0.6 is 23.2 Å². The predicted molar refractivity (Wildman–Crippen MR) is 135 cm³/mol. The average molecular weight is 481 g/mol. The summed E-state index contributed by atoms with van der Waals surface area (Å²) >= 11 is 11.8. The van der Waals surface area contributed by atoms with E-state index in [1.54, 1.807) is 13.0 Å². The Labute approximate surface area is 201 Å². The van der Waals surface area contributed by atoms with Gasteiger partial charge in [0.15, 0.2) is 0 Å². The van der Waals surface area contributed by atoms with E-state index in [4.69, 9.17) is 23.2 Å². The smallest absolute Gasteiger partial charge is 0.271 e. The molecule has 0 aliphatic heterocycles. The molecule has 3 aromatic carbocycles. The van der Waals surface area contributed by atoms with Gasteiger partial charge in [-0.3, -0.25) is 9.59 Å². The third-order valence-electron chi connectivity index (χ3n) is 5.32. The van der Waals surface area contributed by atoms with Crippen LogP contribution in [0.25, 0.3) is 21.8 Å². The molecule has 0 saturated carbocycles. The van der Waals surface area contributed by atoms with Crippen LogP contribution in [-0.4, -0.2) is 22.1 Å². The molecule has 0 spiro atoms. The number of carbonyl (C=O) groups is 2. The predicted octanol–water partition coefficient (Wildman–Crippen LogP) is 6.26. The van der Waals surface area contributed by atoms with E-state index in [2.05, 4.69) is 39.5 Å². The summed E-state index contributed by atoms with van der Waals surface area (Å²) in [6.45, 7) is 4.65.